The fourth-order valence-corrected chi connectivity index (χ4v) is 3.25. The summed E-state index contributed by atoms with van der Waals surface area (Å²) in [5.74, 6) is 0.121. The molecule has 0 spiro atoms. The van der Waals surface area contributed by atoms with Gasteiger partial charge >= 0.3 is 0 Å². The zero-order valence-corrected chi connectivity index (χ0v) is 15.2. The first kappa shape index (κ1) is 17.4. The van der Waals surface area contributed by atoms with Gasteiger partial charge in [-0.3, -0.25) is 4.79 Å². The van der Waals surface area contributed by atoms with E-state index in [0.717, 1.165) is 38.3 Å². The number of aryl methyl sites for hydroxylation is 2. The molecule has 2 aromatic carbocycles. The maximum absolute atomic E-state index is 12.4. The monoisotopic (exact) mass is 335 g/mol. The predicted molar refractivity (Wildman–Crippen MR) is 102 cm³/mol. The van der Waals surface area contributed by atoms with Crippen molar-refractivity contribution in [1.29, 1.82) is 0 Å². The normalized spacial score (nSPS) is 15.7. The van der Waals surface area contributed by atoms with E-state index in [0.29, 0.717) is 0 Å². The molecule has 1 amide bonds. The second-order valence-electron chi connectivity index (χ2n) is 6.92. The van der Waals surface area contributed by atoms with Crippen molar-refractivity contribution in [1.82, 2.24) is 4.90 Å². The number of rotatable bonds is 4. The number of nitrogens with zero attached hydrogens (tertiary/aromatic N) is 1. The molecule has 1 N–H and O–H groups in total. The van der Waals surface area contributed by atoms with Gasteiger partial charge in [-0.15, -0.1) is 0 Å². The molecule has 3 rings (SSSR count). The van der Waals surface area contributed by atoms with Gasteiger partial charge in [0.15, 0.2) is 0 Å². The minimum Gasteiger partial charge on any atom is -0.328 e. The molecular weight excluding hydrogens is 308 g/mol. The zero-order valence-electron chi connectivity index (χ0n) is 15.2. The van der Waals surface area contributed by atoms with Gasteiger partial charge < -0.3 is 9.80 Å². The molecule has 0 unspecified atom stereocenters. The highest BCUT2D eigenvalue weighted by Gasteiger charge is 2.22. The lowest BCUT2D eigenvalue weighted by Gasteiger charge is -2.32. The Morgan fingerprint density at radius 1 is 1.04 bits per heavy atom. The Labute approximate surface area is 150 Å². The van der Waals surface area contributed by atoms with Crippen molar-refractivity contribution in [2.75, 3.05) is 26.2 Å². The molecule has 1 aliphatic heterocycles. The first-order chi connectivity index (χ1) is 12.1. The third-order valence-corrected chi connectivity index (χ3v) is 4.98. The maximum atomic E-state index is 12.4. The Morgan fingerprint density at radius 3 is 2.40 bits per heavy atom. The van der Waals surface area contributed by atoms with E-state index < -0.39 is 0 Å². The minimum atomic E-state index is 0.121. The van der Waals surface area contributed by atoms with E-state index in [9.17, 15) is 4.79 Å². The largest absolute Gasteiger partial charge is 0.328 e. The molecule has 3 heteroatoms. The van der Waals surface area contributed by atoms with Crippen molar-refractivity contribution < 1.29 is 9.69 Å². The molecule has 0 bridgehead atoms. The van der Waals surface area contributed by atoms with Gasteiger partial charge in [-0.1, -0.05) is 54.1 Å². The van der Waals surface area contributed by atoms with Crippen molar-refractivity contribution in [2.45, 2.75) is 20.4 Å². The van der Waals surface area contributed by atoms with Crippen LogP contribution in [0.15, 0.2) is 54.6 Å². The van der Waals surface area contributed by atoms with Crippen LogP contribution in [0.5, 0.6) is 0 Å². The average Bonchev–Trinajstić information content (AvgIpc) is 2.63. The molecule has 3 nitrogen and oxygen atoms in total. The van der Waals surface area contributed by atoms with Crippen molar-refractivity contribution in [2.24, 2.45) is 0 Å². The lowest BCUT2D eigenvalue weighted by molar-refractivity contribution is -0.917. The summed E-state index contributed by atoms with van der Waals surface area (Å²) in [5, 5.41) is 0. The van der Waals surface area contributed by atoms with Crippen LogP contribution in [0.1, 0.15) is 22.3 Å². The molecule has 1 fully saturated rings. The molecule has 1 aliphatic rings. The van der Waals surface area contributed by atoms with Crippen LogP contribution in [0.2, 0.25) is 0 Å². The summed E-state index contributed by atoms with van der Waals surface area (Å²) in [5.41, 5.74) is 5.07. The standard InChI is InChI=1S/C22H26N2O/c1-18-7-9-20(10-8-18)11-12-22(25)24-15-13-23(14-16-24)17-21-6-4-3-5-19(21)2/h3-12H,13-17H2,1-2H3/p+1/b12-11+. The van der Waals surface area contributed by atoms with E-state index in [1.54, 1.807) is 11.0 Å². The molecule has 0 atom stereocenters. The highest BCUT2D eigenvalue weighted by atomic mass is 16.2. The number of nitrogens with one attached hydrogen (secondary N) is 1. The number of amides is 1. The van der Waals surface area contributed by atoms with E-state index in [4.69, 9.17) is 0 Å². The van der Waals surface area contributed by atoms with Crippen LogP contribution in [0, 0.1) is 13.8 Å². The van der Waals surface area contributed by atoms with Gasteiger partial charge in [-0.25, -0.2) is 0 Å². The number of hydrogen-bond acceptors (Lipinski definition) is 1. The fraction of sp³-hybridized carbons (Fsp3) is 0.318. The highest BCUT2D eigenvalue weighted by molar-refractivity contribution is 5.91. The number of piperazine rings is 1. The zero-order chi connectivity index (χ0) is 17.6. The molecule has 1 heterocycles. The molecule has 0 saturated carbocycles. The SMILES string of the molecule is Cc1ccc(/C=C/C(=O)N2CC[NH+](Cc3ccccc3C)CC2)cc1. The molecule has 0 aliphatic carbocycles. The van der Waals surface area contributed by atoms with E-state index >= 15 is 0 Å². The van der Waals surface area contributed by atoms with Crippen molar-refractivity contribution in [3.05, 3.63) is 76.9 Å². The minimum absolute atomic E-state index is 0.121. The van der Waals surface area contributed by atoms with E-state index in [2.05, 4.69) is 50.2 Å². The molecule has 25 heavy (non-hydrogen) atoms. The van der Waals surface area contributed by atoms with Crippen molar-refractivity contribution >= 4 is 12.0 Å². The van der Waals surface area contributed by atoms with Gasteiger partial charge in [-0.2, -0.15) is 0 Å². The molecule has 2 aromatic rings. The van der Waals surface area contributed by atoms with Crippen LogP contribution in [-0.4, -0.2) is 37.0 Å². The Bertz CT molecular complexity index is 741. The topological polar surface area (TPSA) is 24.8 Å². The summed E-state index contributed by atoms with van der Waals surface area (Å²) in [4.78, 5) is 15.9. The van der Waals surface area contributed by atoms with Gasteiger partial charge in [-0.05, 0) is 31.1 Å². The Balaban J connectivity index is 1.50. The van der Waals surface area contributed by atoms with E-state index in [1.807, 2.05) is 23.1 Å². The van der Waals surface area contributed by atoms with Crippen LogP contribution < -0.4 is 4.90 Å². The van der Waals surface area contributed by atoms with Gasteiger partial charge in [0.1, 0.15) is 6.54 Å². The number of quaternary nitrogens is 1. The smallest absolute Gasteiger partial charge is 0.246 e. The fourth-order valence-electron chi connectivity index (χ4n) is 3.25. The van der Waals surface area contributed by atoms with Gasteiger partial charge in [0.05, 0.1) is 26.2 Å². The summed E-state index contributed by atoms with van der Waals surface area (Å²) in [6.45, 7) is 8.98. The Morgan fingerprint density at radius 2 is 1.72 bits per heavy atom. The first-order valence-electron chi connectivity index (χ1n) is 9.03. The molecule has 0 radical (unpaired) electrons. The van der Waals surface area contributed by atoms with Gasteiger partial charge in [0.2, 0.25) is 5.91 Å². The van der Waals surface area contributed by atoms with Crippen molar-refractivity contribution in [3.8, 4) is 0 Å². The molecule has 1 saturated heterocycles. The third kappa shape index (κ3) is 4.80. The maximum Gasteiger partial charge on any atom is 0.246 e. The van der Waals surface area contributed by atoms with Gasteiger partial charge in [0.25, 0.3) is 0 Å². The number of benzene rings is 2. The summed E-state index contributed by atoms with van der Waals surface area (Å²) in [7, 11) is 0. The lowest BCUT2D eigenvalue weighted by atomic mass is 10.1. The third-order valence-electron chi connectivity index (χ3n) is 4.98. The van der Waals surface area contributed by atoms with Crippen LogP contribution in [-0.2, 0) is 11.3 Å². The highest BCUT2D eigenvalue weighted by Crippen LogP contribution is 2.07. The van der Waals surface area contributed by atoms with Crippen LogP contribution in [0.25, 0.3) is 6.08 Å². The second kappa shape index (κ2) is 8.13. The Hall–Kier alpha value is -2.39. The van der Waals surface area contributed by atoms with Crippen LogP contribution in [0.3, 0.4) is 0 Å². The summed E-state index contributed by atoms with van der Waals surface area (Å²) >= 11 is 0. The summed E-state index contributed by atoms with van der Waals surface area (Å²) < 4.78 is 0. The number of hydrogen-bond donors (Lipinski definition) is 1. The molecule has 130 valence electrons. The summed E-state index contributed by atoms with van der Waals surface area (Å²) in [6, 6.07) is 16.8. The molecule has 0 aromatic heterocycles. The molecular formula is C22H27N2O+. The average molecular weight is 335 g/mol. The van der Waals surface area contributed by atoms with Crippen molar-refractivity contribution in [3.63, 3.8) is 0 Å². The lowest BCUT2D eigenvalue weighted by Crippen LogP contribution is -3.13. The van der Waals surface area contributed by atoms with Crippen LogP contribution in [0.4, 0.5) is 0 Å². The summed E-state index contributed by atoms with van der Waals surface area (Å²) in [6.07, 6.45) is 3.62. The van der Waals surface area contributed by atoms with E-state index in [1.165, 1.54) is 16.7 Å². The first-order valence-corrected chi connectivity index (χ1v) is 9.03. The van der Waals surface area contributed by atoms with E-state index in [-0.39, 0.29) is 5.91 Å². The Kier molecular flexibility index (Phi) is 5.67. The van der Waals surface area contributed by atoms with Gasteiger partial charge in [0, 0.05) is 11.6 Å². The number of carbonyl (C=O) groups is 1. The predicted octanol–water partition coefficient (Wildman–Crippen LogP) is 2.24. The number of carbonyl (C=O) groups excluding carboxylic acids is 1. The van der Waals surface area contributed by atoms with Crippen LogP contribution >= 0.6 is 0 Å². The second-order valence-corrected chi connectivity index (χ2v) is 6.92. The quantitative estimate of drug-likeness (QED) is 0.852.